The van der Waals surface area contributed by atoms with Crippen molar-refractivity contribution >= 4 is 11.8 Å². The van der Waals surface area contributed by atoms with Gasteiger partial charge < -0.3 is 15.5 Å². The fraction of sp³-hybridized carbons (Fsp3) is 0.600. The van der Waals surface area contributed by atoms with E-state index in [4.69, 9.17) is 0 Å². The number of piperidine rings is 1. The third kappa shape index (κ3) is 5.30. The first kappa shape index (κ1) is 17.9. The van der Waals surface area contributed by atoms with Crippen molar-refractivity contribution in [2.45, 2.75) is 38.6 Å². The lowest BCUT2D eigenvalue weighted by molar-refractivity contribution is -0.135. The van der Waals surface area contributed by atoms with Crippen molar-refractivity contribution in [1.29, 1.82) is 0 Å². The van der Waals surface area contributed by atoms with Crippen molar-refractivity contribution in [1.82, 2.24) is 15.5 Å². The number of carbonyl (C=O) groups excluding carboxylic acids is 2. The number of hydrogen-bond donors (Lipinski definition) is 2. The third-order valence-electron chi connectivity index (χ3n) is 5.46. The molecule has 2 saturated heterocycles. The molecule has 2 aliphatic heterocycles. The minimum Gasteiger partial charge on any atom is -0.352 e. The van der Waals surface area contributed by atoms with Gasteiger partial charge in [0, 0.05) is 32.0 Å². The number of likely N-dealkylation sites (tertiary alicyclic amines) is 1. The predicted molar refractivity (Wildman–Crippen MR) is 97.8 cm³/mol. The standard InChI is InChI=1S/C20H29N3O2/c24-19(7-6-17-8-11-21-14-17)23-12-9-18(10-13-23)20(25)22-15-16-4-2-1-3-5-16/h1-5,17-18,21H,6-15H2,(H,22,25). The number of amides is 2. The molecule has 0 bridgehead atoms. The van der Waals surface area contributed by atoms with Crippen LogP contribution in [0, 0.1) is 11.8 Å². The summed E-state index contributed by atoms with van der Waals surface area (Å²) in [6.45, 7) is 4.14. The Morgan fingerprint density at radius 1 is 1.12 bits per heavy atom. The van der Waals surface area contributed by atoms with Gasteiger partial charge in [-0.05, 0) is 50.3 Å². The highest BCUT2D eigenvalue weighted by Crippen LogP contribution is 2.20. The second kappa shape index (κ2) is 8.99. The molecular weight excluding hydrogens is 314 g/mol. The lowest BCUT2D eigenvalue weighted by Gasteiger charge is -2.31. The van der Waals surface area contributed by atoms with Crippen LogP contribution in [0.5, 0.6) is 0 Å². The first-order chi connectivity index (χ1) is 12.2. The Bertz CT molecular complexity index is 562. The number of nitrogens with zero attached hydrogens (tertiary/aromatic N) is 1. The first-order valence-electron chi connectivity index (χ1n) is 9.52. The summed E-state index contributed by atoms with van der Waals surface area (Å²) in [6, 6.07) is 9.96. The molecular formula is C20H29N3O2. The molecule has 136 valence electrons. The summed E-state index contributed by atoms with van der Waals surface area (Å²) in [5, 5.41) is 6.37. The van der Waals surface area contributed by atoms with Crippen LogP contribution in [0.3, 0.4) is 0 Å². The van der Waals surface area contributed by atoms with Crippen LogP contribution in [0.4, 0.5) is 0 Å². The van der Waals surface area contributed by atoms with E-state index in [1.54, 1.807) is 0 Å². The van der Waals surface area contributed by atoms with Crippen LogP contribution >= 0.6 is 0 Å². The van der Waals surface area contributed by atoms with E-state index in [0.29, 0.717) is 32.0 Å². The Labute approximate surface area is 150 Å². The zero-order valence-electron chi connectivity index (χ0n) is 14.9. The molecule has 2 N–H and O–H groups in total. The zero-order chi connectivity index (χ0) is 17.5. The molecule has 0 radical (unpaired) electrons. The van der Waals surface area contributed by atoms with E-state index in [-0.39, 0.29) is 17.7 Å². The fourth-order valence-electron chi connectivity index (χ4n) is 3.77. The Morgan fingerprint density at radius 3 is 2.56 bits per heavy atom. The van der Waals surface area contributed by atoms with E-state index in [9.17, 15) is 9.59 Å². The van der Waals surface area contributed by atoms with Crippen LogP contribution in [0.15, 0.2) is 30.3 Å². The van der Waals surface area contributed by atoms with Gasteiger partial charge in [-0.3, -0.25) is 9.59 Å². The van der Waals surface area contributed by atoms with Crippen molar-refractivity contribution in [3.8, 4) is 0 Å². The number of rotatable bonds is 6. The molecule has 0 saturated carbocycles. The molecule has 2 fully saturated rings. The van der Waals surface area contributed by atoms with Crippen LogP contribution in [-0.2, 0) is 16.1 Å². The van der Waals surface area contributed by atoms with Crippen LogP contribution < -0.4 is 10.6 Å². The fourth-order valence-corrected chi connectivity index (χ4v) is 3.77. The highest BCUT2D eigenvalue weighted by atomic mass is 16.2. The van der Waals surface area contributed by atoms with Gasteiger partial charge in [-0.1, -0.05) is 30.3 Å². The lowest BCUT2D eigenvalue weighted by atomic mass is 9.95. The van der Waals surface area contributed by atoms with Gasteiger partial charge in [-0.25, -0.2) is 0 Å². The average molecular weight is 343 g/mol. The Kier molecular flexibility index (Phi) is 6.45. The summed E-state index contributed by atoms with van der Waals surface area (Å²) in [5.41, 5.74) is 1.12. The van der Waals surface area contributed by atoms with E-state index in [0.717, 1.165) is 37.9 Å². The minimum atomic E-state index is 0.0341. The molecule has 1 atom stereocenters. The van der Waals surface area contributed by atoms with Crippen LogP contribution in [0.25, 0.3) is 0 Å². The molecule has 5 heteroatoms. The van der Waals surface area contributed by atoms with Crippen molar-refractivity contribution in [2.24, 2.45) is 11.8 Å². The molecule has 2 heterocycles. The van der Waals surface area contributed by atoms with Crippen LogP contribution in [0.2, 0.25) is 0 Å². The summed E-state index contributed by atoms with van der Waals surface area (Å²) < 4.78 is 0. The van der Waals surface area contributed by atoms with Gasteiger partial charge >= 0.3 is 0 Å². The monoisotopic (exact) mass is 343 g/mol. The molecule has 5 nitrogen and oxygen atoms in total. The molecule has 1 aromatic rings. The maximum atomic E-state index is 12.3. The molecule has 0 aliphatic carbocycles. The van der Waals surface area contributed by atoms with Gasteiger partial charge in [-0.15, -0.1) is 0 Å². The molecule has 25 heavy (non-hydrogen) atoms. The van der Waals surface area contributed by atoms with Gasteiger partial charge in [0.2, 0.25) is 11.8 Å². The maximum absolute atomic E-state index is 12.3. The number of hydrogen-bond acceptors (Lipinski definition) is 3. The zero-order valence-corrected chi connectivity index (χ0v) is 14.9. The molecule has 1 unspecified atom stereocenters. The summed E-state index contributed by atoms with van der Waals surface area (Å²) in [6.07, 6.45) is 4.38. The van der Waals surface area contributed by atoms with Gasteiger partial charge in [0.05, 0.1) is 0 Å². The first-order valence-corrected chi connectivity index (χ1v) is 9.52. The molecule has 2 aliphatic rings. The summed E-state index contributed by atoms with van der Waals surface area (Å²) in [5.74, 6) is 1.07. The topological polar surface area (TPSA) is 61.4 Å². The summed E-state index contributed by atoms with van der Waals surface area (Å²) in [4.78, 5) is 26.6. The van der Waals surface area contributed by atoms with E-state index in [1.807, 2.05) is 35.2 Å². The van der Waals surface area contributed by atoms with Crippen molar-refractivity contribution in [2.75, 3.05) is 26.2 Å². The van der Waals surface area contributed by atoms with E-state index >= 15 is 0 Å². The second-order valence-corrected chi connectivity index (χ2v) is 7.26. The number of carbonyl (C=O) groups is 2. The van der Waals surface area contributed by atoms with E-state index < -0.39 is 0 Å². The molecule has 1 aromatic carbocycles. The Morgan fingerprint density at radius 2 is 1.88 bits per heavy atom. The highest BCUT2D eigenvalue weighted by molar-refractivity contribution is 5.80. The number of benzene rings is 1. The van der Waals surface area contributed by atoms with Gasteiger partial charge in [-0.2, -0.15) is 0 Å². The van der Waals surface area contributed by atoms with Gasteiger partial charge in [0.25, 0.3) is 0 Å². The largest absolute Gasteiger partial charge is 0.352 e. The smallest absolute Gasteiger partial charge is 0.223 e. The van der Waals surface area contributed by atoms with E-state index in [1.165, 1.54) is 6.42 Å². The lowest BCUT2D eigenvalue weighted by Crippen LogP contribution is -2.43. The molecule has 0 aromatic heterocycles. The average Bonchev–Trinajstić information content (AvgIpc) is 3.19. The van der Waals surface area contributed by atoms with Crippen molar-refractivity contribution < 1.29 is 9.59 Å². The van der Waals surface area contributed by atoms with Crippen LogP contribution in [-0.4, -0.2) is 42.9 Å². The van der Waals surface area contributed by atoms with Gasteiger partial charge in [0.15, 0.2) is 0 Å². The normalized spacial score (nSPS) is 21.3. The number of nitrogens with one attached hydrogen (secondary N) is 2. The maximum Gasteiger partial charge on any atom is 0.223 e. The summed E-state index contributed by atoms with van der Waals surface area (Å²) in [7, 11) is 0. The Hall–Kier alpha value is -1.88. The molecule has 3 rings (SSSR count). The molecule has 0 spiro atoms. The van der Waals surface area contributed by atoms with Crippen molar-refractivity contribution in [3.63, 3.8) is 0 Å². The molecule has 2 amide bonds. The summed E-state index contributed by atoms with van der Waals surface area (Å²) >= 11 is 0. The Balaban J connectivity index is 1.35. The second-order valence-electron chi connectivity index (χ2n) is 7.26. The van der Waals surface area contributed by atoms with Crippen LogP contribution in [0.1, 0.15) is 37.7 Å². The minimum absolute atomic E-state index is 0.0341. The highest BCUT2D eigenvalue weighted by Gasteiger charge is 2.27. The quantitative estimate of drug-likeness (QED) is 0.830. The third-order valence-corrected chi connectivity index (χ3v) is 5.46. The van der Waals surface area contributed by atoms with E-state index in [2.05, 4.69) is 10.6 Å². The van der Waals surface area contributed by atoms with Crippen molar-refractivity contribution in [3.05, 3.63) is 35.9 Å². The SMILES string of the molecule is O=C(NCc1ccccc1)C1CCN(C(=O)CCC2CCNC2)CC1. The van der Waals surface area contributed by atoms with Gasteiger partial charge in [0.1, 0.15) is 0 Å². The predicted octanol–water partition coefficient (Wildman–Crippen LogP) is 1.93.